The van der Waals surface area contributed by atoms with Gasteiger partial charge in [-0.3, -0.25) is 0 Å². The molecular weight excluding hydrogens is 278 g/mol. The van der Waals surface area contributed by atoms with Gasteiger partial charge in [0.25, 0.3) is 0 Å². The molecule has 0 saturated heterocycles. The van der Waals surface area contributed by atoms with E-state index in [0.717, 1.165) is 62.3 Å². The van der Waals surface area contributed by atoms with E-state index in [1.807, 2.05) is 13.0 Å². The van der Waals surface area contributed by atoms with E-state index in [-0.39, 0.29) is 0 Å². The van der Waals surface area contributed by atoms with Crippen molar-refractivity contribution in [1.29, 1.82) is 0 Å². The summed E-state index contributed by atoms with van der Waals surface area (Å²) in [5, 5.41) is 3.99. The molecule has 2 rings (SSSR count). The van der Waals surface area contributed by atoms with Crippen molar-refractivity contribution in [2.75, 3.05) is 19.8 Å². The van der Waals surface area contributed by atoms with Crippen molar-refractivity contribution in [3.05, 3.63) is 41.0 Å². The van der Waals surface area contributed by atoms with Crippen molar-refractivity contribution in [3.63, 3.8) is 0 Å². The number of nitrogens with zero attached hydrogens (tertiary/aromatic N) is 1. The fourth-order valence-electron chi connectivity index (χ4n) is 2.40. The van der Waals surface area contributed by atoms with Gasteiger partial charge in [0.15, 0.2) is 0 Å². The van der Waals surface area contributed by atoms with Crippen LogP contribution in [0.5, 0.6) is 0 Å². The number of ether oxygens (including phenoxy) is 2. The van der Waals surface area contributed by atoms with Gasteiger partial charge in [-0.2, -0.15) is 0 Å². The van der Waals surface area contributed by atoms with E-state index in [0.29, 0.717) is 13.2 Å². The van der Waals surface area contributed by atoms with Crippen LogP contribution in [0, 0.1) is 6.92 Å². The number of rotatable bonds is 10. The molecule has 0 saturated carbocycles. The molecule has 0 N–H and O–H groups in total. The molecule has 1 aliphatic rings. The summed E-state index contributed by atoms with van der Waals surface area (Å²) in [5.41, 5.74) is 2.47. The third-order valence-electron chi connectivity index (χ3n) is 3.73. The van der Waals surface area contributed by atoms with Crippen molar-refractivity contribution < 1.29 is 14.0 Å². The number of unbranched alkanes of at least 4 members (excludes halogenated alkanes) is 2. The largest absolute Gasteiger partial charge is 0.496 e. The molecule has 0 atom stereocenters. The molecule has 1 aliphatic carbocycles. The second-order valence-electron chi connectivity index (χ2n) is 5.85. The van der Waals surface area contributed by atoms with Gasteiger partial charge in [0, 0.05) is 19.1 Å². The van der Waals surface area contributed by atoms with Crippen LogP contribution < -0.4 is 0 Å². The van der Waals surface area contributed by atoms with E-state index in [1.165, 1.54) is 5.57 Å². The van der Waals surface area contributed by atoms with Crippen LogP contribution in [0.1, 0.15) is 50.5 Å². The molecule has 0 fully saturated rings. The van der Waals surface area contributed by atoms with E-state index in [9.17, 15) is 0 Å². The van der Waals surface area contributed by atoms with Gasteiger partial charge in [-0.05, 0) is 45.6 Å². The SMILES string of the molecule is CC1=CC=C(OCCOCCCCCc2cc(C)on2)CC1. The second kappa shape index (κ2) is 9.46. The highest BCUT2D eigenvalue weighted by Gasteiger charge is 2.04. The maximum absolute atomic E-state index is 5.69. The lowest BCUT2D eigenvalue weighted by atomic mass is 10.1. The average molecular weight is 305 g/mol. The van der Waals surface area contributed by atoms with Crippen molar-refractivity contribution in [3.8, 4) is 0 Å². The first kappa shape index (κ1) is 16.8. The van der Waals surface area contributed by atoms with Gasteiger partial charge in [0.1, 0.15) is 12.4 Å². The highest BCUT2D eigenvalue weighted by molar-refractivity contribution is 5.19. The molecule has 1 aromatic heterocycles. The van der Waals surface area contributed by atoms with E-state index in [2.05, 4.69) is 24.2 Å². The van der Waals surface area contributed by atoms with Crippen LogP contribution >= 0.6 is 0 Å². The molecule has 0 spiro atoms. The Kier molecular flexibility index (Phi) is 7.23. The molecule has 0 aromatic carbocycles. The van der Waals surface area contributed by atoms with Crippen LogP contribution in [-0.4, -0.2) is 25.0 Å². The number of allylic oxidation sites excluding steroid dienone is 4. The summed E-state index contributed by atoms with van der Waals surface area (Å²) in [6.07, 6.45) is 10.7. The molecule has 22 heavy (non-hydrogen) atoms. The van der Waals surface area contributed by atoms with E-state index in [4.69, 9.17) is 14.0 Å². The van der Waals surface area contributed by atoms with Crippen LogP contribution in [0.15, 0.2) is 34.1 Å². The fourth-order valence-corrected chi connectivity index (χ4v) is 2.40. The third-order valence-corrected chi connectivity index (χ3v) is 3.73. The summed E-state index contributed by atoms with van der Waals surface area (Å²) in [5.74, 6) is 1.97. The Morgan fingerprint density at radius 1 is 1.05 bits per heavy atom. The van der Waals surface area contributed by atoms with Gasteiger partial charge in [0.2, 0.25) is 0 Å². The zero-order valence-electron chi connectivity index (χ0n) is 13.8. The zero-order chi connectivity index (χ0) is 15.6. The average Bonchev–Trinajstić information content (AvgIpc) is 2.93. The van der Waals surface area contributed by atoms with Crippen LogP contribution in [0.25, 0.3) is 0 Å². The van der Waals surface area contributed by atoms with Gasteiger partial charge in [-0.1, -0.05) is 23.2 Å². The van der Waals surface area contributed by atoms with E-state index < -0.39 is 0 Å². The van der Waals surface area contributed by atoms with E-state index >= 15 is 0 Å². The van der Waals surface area contributed by atoms with Crippen molar-refractivity contribution >= 4 is 0 Å². The van der Waals surface area contributed by atoms with E-state index in [1.54, 1.807) is 0 Å². The molecule has 1 heterocycles. The molecule has 4 heteroatoms. The first-order chi connectivity index (χ1) is 10.7. The lowest BCUT2D eigenvalue weighted by Gasteiger charge is -2.13. The predicted octanol–water partition coefficient (Wildman–Crippen LogP) is 4.35. The van der Waals surface area contributed by atoms with Crippen LogP contribution in [0.2, 0.25) is 0 Å². The fraction of sp³-hybridized carbons (Fsp3) is 0.611. The molecule has 0 unspecified atom stereocenters. The summed E-state index contributed by atoms with van der Waals surface area (Å²) >= 11 is 0. The minimum atomic E-state index is 0.650. The molecule has 0 aliphatic heterocycles. The first-order valence-corrected chi connectivity index (χ1v) is 8.23. The Hall–Kier alpha value is -1.55. The Labute approximate surface area is 133 Å². The number of hydrogen-bond donors (Lipinski definition) is 0. The summed E-state index contributed by atoms with van der Waals surface area (Å²) in [6.45, 7) is 6.20. The van der Waals surface area contributed by atoms with Gasteiger partial charge in [0.05, 0.1) is 18.1 Å². The maximum atomic E-state index is 5.69. The number of aromatic nitrogens is 1. The Bertz CT molecular complexity index is 502. The molecule has 4 nitrogen and oxygen atoms in total. The second-order valence-corrected chi connectivity index (χ2v) is 5.85. The van der Waals surface area contributed by atoms with Gasteiger partial charge >= 0.3 is 0 Å². The minimum Gasteiger partial charge on any atom is -0.496 e. The standard InChI is InChI=1S/C18H27NO3/c1-15-7-9-18(10-8-15)21-13-12-20-11-5-3-4-6-17-14-16(2)22-19-17/h7,9,14H,3-6,8,10-13H2,1-2H3. The molecule has 0 amide bonds. The van der Waals surface area contributed by atoms with Crippen LogP contribution in [0.3, 0.4) is 0 Å². The molecular formula is C18H27NO3. The van der Waals surface area contributed by atoms with Crippen molar-refractivity contribution in [2.24, 2.45) is 0 Å². The molecule has 1 aromatic rings. The summed E-state index contributed by atoms with van der Waals surface area (Å²) in [7, 11) is 0. The van der Waals surface area contributed by atoms with Crippen molar-refractivity contribution in [2.45, 2.75) is 52.4 Å². The Balaban J connectivity index is 1.40. The Morgan fingerprint density at radius 2 is 1.95 bits per heavy atom. The van der Waals surface area contributed by atoms with Crippen LogP contribution in [0.4, 0.5) is 0 Å². The van der Waals surface area contributed by atoms with Gasteiger partial charge < -0.3 is 14.0 Å². The lowest BCUT2D eigenvalue weighted by Crippen LogP contribution is -2.06. The minimum absolute atomic E-state index is 0.650. The Morgan fingerprint density at radius 3 is 2.68 bits per heavy atom. The summed E-state index contributed by atoms with van der Waals surface area (Å²) in [6, 6.07) is 2.00. The molecule has 122 valence electrons. The lowest BCUT2D eigenvalue weighted by molar-refractivity contribution is 0.0711. The number of aryl methyl sites for hydroxylation is 2. The first-order valence-electron chi connectivity index (χ1n) is 8.23. The van der Waals surface area contributed by atoms with Gasteiger partial charge in [-0.15, -0.1) is 0 Å². The monoisotopic (exact) mass is 305 g/mol. The normalized spacial score (nSPS) is 14.6. The summed E-state index contributed by atoms with van der Waals surface area (Å²) in [4.78, 5) is 0. The highest BCUT2D eigenvalue weighted by Crippen LogP contribution is 2.18. The zero-order valence-corrected chi connectivity index (χ0v) is 13.8. The molecule has 0 bridgehead atoms. The predicted molar refractivity (Wildman–Crippen MR) is 86.6 cm³/mol. The summed E-state index contributed by atoms with van der Waals surface area (Å²) < 4.78 is 16.3. The number of hydrogen-bond acceptors (Lipinski definition) is 4. The highest BCUT2D eigenvalue weighted by atomic mass is 16.5. The smallest absolute Gasteiger partial charge is 0.133 e. The molecule has 0 radical (unpaired) electrons. The van der Waals surface area contributed by atoms with Crippen LogP contribution in [-0.2, 0) is 15.9 Å². The maximum Gasteiger partial charge on any atom is 0.133 e. The third kappa shape index (κ3) is 6.48. The van der Waals surface area contributed by atoms with Crippen molar-refractivity contribution in [1.82, 2.24) is 5.16 Å². The van der Waals surface area contributed by atoms with Gasteiger partial charge in [-0.25, -0.2) is 0 Å². The topological polar surface area (TPSA) is 44.5 Å². The quantitative estimate of drug-likeness (QED) is 0.603.